The predicted octanol–water partition coefficient (Wildman–Crippen LogP) is -2.29. The van der Waals surface area contributed by atoms with Gasteiger partial charge in [-0.15, -0.1) is 0 Å². The van der Waals surface area contributed by atoms with Gasteiger partial charge in [-0.3, -0.25) is 9.59 Å². The molecular weight excluding hydrogens is 268 g/mol. The van der Waals surface area contributed by atoms with Gasteiger partial charge in [-0.1, -0.05) is 0 Å². The van der Waals surface area contributed by atoms with Gasteiger partial charge in [0.1, 0.15) is 11.6 Å². The maximum absolute atomic E-state index is 12.3. The third-order valence-electron chi connectivity index (χ3n) is 3.91. The number of aliphatic carboxylic acids is 1. The molecule has 112 valence electrons. The lowest BCUT2D eigenvalue weighted by Crippen LogP contribution is -2.50. The van der Waals surface area contributed by atoms with Gasteiger partial charge in [0.05, 0.1) is 18.7 Å². The maximum Gasteiger partial charge on any atom is 0.326 e. The molecule has 2 aliphatic rings. The molecule has 0 aromatic heterocycles. The number of carboxylic acids is 1. The van der Waals surface area contributed by atoms with Gasteiger partial charge < -0.3 is 25.5 Å². The molecule has 0 aliphatic carbocycles. The van der Waals surface area contributed by atoms with Gasteiger partial charge in [0.2, 0.25) is 5.91 Å². The molecule has 0 saturated carbocycles. The first-order valence-electron chi connectivity index (χ1n) is 6.43. The highest BCUT2D eigenvalue weighted by atomic mass is 16.4. The Morgan fingerprint density at radius 3 is 2.40 bits per heavy atom. The number of rotatable bonds is 3. The van der Waals surface area contributed by atoms with Gasteiger partial charge in [0, 0.05) is 19.9 Å². The van der Waals surface area contributed by atoms with Gasteiger partial charge in [0.15, 0.2) is 5.78 Å². The first-order valence-corrected chi connectivity index (χ1v) is 6.43. The molecule has 0 aromatic carbocycles. The summed E-state index contributed by atoms with van der Waals surface area (Å²) in [5.74, 6) is -2.31. The summed E-state index contributed by atoms with van der Waals surface area (Å²) >= 11 is 0. The number of hydrogen-bond donors (Lipinski definition) is 4. The number of amides is 1. The van der Waals surface area contributed by atoms with Crippen LogP contribution in [0.3, 0.4) is 0 Å². The van der Waals surface area contributed by atoms with Crippen LogP contribution in [0.4, 0.5) is 0 Å². The van der Waals surface area contributed by atoms with E-state index >= 15 is 0 Å². The minimum atomic E-state index is -1.88. The average Bonchev–Trinajstić information content (AvgIpc) is 2.93. The molecule has 8 heteroatoms. The van der Waals surface area contributed by atoms with Gasteiger partial charge in [0.25, 0.3) is 0 Å². The van der Waals surface area contributed by atoms with E-state index in [1.165, 1.54) is 6.92 Å². The minimum Gasteiger partial charge on any atom is -0.480 e. The molecule has 0 aromatic rings. The van der Waals surface area contributed by atoms with Crippen molar-refractivity contribution in [1.29, 1.82) is 0 Å². The molecule has 8 nitrogen and oxygen atoms in total. The first kappa shape index (κ1) is 14.9. The Hall–Kier alpha value is -1.51. The van der Waals surface area contributed by atoms with Gasteiger partial charge in [-0.2, -0.15) is 0 Å². The smallest absolute Gasteiger partial charge is 0.326 e. The Morgan fingerprint density at radius 2 is 2.00 bits per heavy atom. The summed E-state index contributed by atoms with van der Waals surface area (Å²) in [7, 11) is 0. The molecule has 1 unspecified atom stereocenters. The lowest BCUT2D eigenvalue weighted by atomic mass is 9.89. The van der Waals surface area contributed by atoms with E-state index in [-0.39, 0.29) is 25.9 Å². The molecule has 0 bridgehead atoms. The Balaban J connectivity index is 2.17. The molecule has 2 rings (SSSR count). The number of aliphatic hydroxyl groups is 2. The van der Waals surface area contributed by atoms with Crippen molar-refractivity contribution in [3.63, 3.8) is 0 Å². The molecule has 0 radical (unpaired) electrons. The maximum atomic E-state index is 12.3. The van der Waals surface area contributed by atoms with E-state index in [4.69, 9.17) is 5.11 Å². The highest BCUT2D eigenvalue weighted by Crippen LogP contribution is 2.30. The van der Waals surface area contributed by atoms with Crippen LogP contribution in [0.1, 0.15) is 19.8 Å². The van der Waals surface area contributed by atoms with E-state index in [1.54, 1.807) is 0 Å². The van der Waals surface area contributed by atoms with Crippen molar-refractivity contribution in [1.82, 2.24) is 10.2 Å². The SMILES string of the molecule is CC(=O)N1CC(O)(C(=O)[C@@H]2C[C@@H](O)CN2)C[C@H]1C(=O)O. The van der Waals surface area contributed by atoms with Crippen LogP contribution in [0.25, 0.3) is 0 Å². The number of nitrogens with zero attached hydrogens (tertiary/aromatic N) is 1. The zero-order valence-electron chi connectivity index (χ0n) is 11.1. The Bertz CT molecular complexity index is 429. The average molecular weight is 286 g/mol. The van der Waals surface area contributed by atoms with Crippen LogP contribution in [0, 0.1) is 0 Å². The third-order valence-corrected chi connectivity index (χ3v) is 3.91. The number of aliphatic hydroxyl groups excluding tert-OH is 1. The molecule has 1 amide bonds. The van der Waals surface area contributed by atoms with Gasteiger partial charge >= 0.3 is 5.97 Å². The number of Topliss-reactive ketones (excluding diaryl/α,β-unsaturated/α-hetero) is 1. The van der Waals surface area contributed by atoms with Crippen LogP contribution in [0.5, 0.6) is 0 Å². The summed E-state index contributed by atoms with van der Waals surface area (Å²) in [6, 6.07) is -1.91. The summed E-state index contributed by atoms with van der Waals surface area (Å²) < 4.78 is 0. The fourth-order valence-corrected chi connectivity index (χ4v) is 2.86. The fourth-order valence-electron chi connectivity index (χ4n) is 2.86. The number of carboxylic acid groups (broad SMARTS) is 1. The van der Waals surface area contributed by atoms with E-state index in [0.717, 1.165) is 4.90 Å². The Morgan fingerprint density at radius 1 is 1.35 bits per heavy atom. The van der Waals surface area contributed by atoms with Crippen molar-refractivity contribution in [2.24, 2.45) is 0 Å². The Labute approximate surface area is 115 Å². The van der Waals surface area contributed by atoms with Gasteiger partial charge in [-0.05, 0) is 6.42 Å². The normalized spacial score (nSPS) is 37.1. The summed E-state index contributed by atoms with van der Waals surface area (Å²) in [6.07, 6.45) is -0.804. The molecule has 4 N–H and O–H groups in total. The fraction of sp³-hybridized carbons (Fsp3) is 0.750. The van der Waals surface area contributed by atoms with Crippen molar-refractivity contribution < 1.29 is 29.7 Å². The first-order chi connectivity index (χ1) is 9.24. The highest BCUT2D eigenvalue weighted by molar-refractivity contribution is 5.95. The van der Waals surface area contributed by atoms with Crippen molar-refractivity contribution in [2.75, 3.05) is 13.1 Å². The van der Waals surface area contributed by atoms with Gasteiger partial charge in [-0.25, -0.2) is 4.79 Å². The second kappa shape index (κ2) is 5.12. The monoisotopic (exact) mass is 286 g/mol. The predicted molar refractivity (Wildman–Crippen MR) is 65.8 cm³/mol. The number of β-amino-alcohol motifs (C(OH)–C–C–N with tert-alkyl or cyclic N) is 2. The van der Waals surface area contributed by atoms with Crippen molar-refractivity contribution in [2.45, 2.75) is 43.6 Å². The van der Waals surface area contributed by atoms with Crippen LogP contribution in [-0.4, -0.2) is 74.8 Å². The van der Waals surface area contributed by atoms with E-state index in [9.17, 15) is 24.6 Å². The lowest BCUT2D eigenvalue weighted by Gasteiger charge is -2.24. The van der Waals surface area contributed by atoms with Crippen LogP contribution in [-0.2, 0) is 14.4 Å². The topological polar surface area (TPSA) is 127 Å². The Kier molecular flexibility index (Phi) is 3.81. The number of carbonyl (C=O) groups is 3. The highest BCUT2D eigenvalue weighted by Gasteiger charge is 2.53. The summed E-state index contributed by atoms with van der Waals surface area (Å²) in [5.41, 5.74) is -1.88. The second-order valence-corrected chi connectivity index (χ2v) is 5.45. The van der Waals surface area contributed by atoms with Crippen LogP contribution < -0.4 is 5.32 Å². The summed E-state index contributed by atoms with van der Waals surface area (Å²) in [6.45, 7) is 1.13. The van der Waals surface area contributed by atoms with E-state index in [1.807, 2.05) is 0 Å². The summed E-state index contributed by atoms with van der Waals surface area (Å²) in [4.78, 5) is 35.8. The van der Waals surface area contributed by atoms with Crippen LogP contribution >= 0.6 is 0 Å². The molecule has 2 aliphatic heterocycles. The molecule has 2 saturated heterocycles. The van der Waals surface area contributed by atoms with Crippen LogP contribution in [0.2, 0.25) is 0 Å². The summed E-state index contributed by atoms with van der Waals surface area (Å²) in [5, 5.41) is 31.7. The zero-order chi connectivity index (χ0) is 15.1. The number of hydrogen-bond acceptors (Lipinski definition) is 6. The zero-order valence-corrected chi connectivity index (χ0v) is 11.1. The number of likely N-dealkylation sites (tertiary alicyclic amines) is 1. The number of carbonyl (C=O) groups excluding carboxylic acids is 2. The molecule has 2 heterocycles. The lowest BCUT2D eigenvalue weighted by molar-refractivity contribution is -0.147. The molecular formula is C12H18N2O6. The quantitative estimate of drug-likeness (QED) is 0.460. The van der Waals surface area contributed by atoms with Crippen molar-refractivity contribution in [3.05, 3.63) is 0 Å². The standard InChI is InChI=1S/C12H18N2O6/c1-6(15)14-5-12(20,3-9(14)11(18)19)10(17)8-2-7(16)4-13-8/h7-9,13,16,20H,2-5H2,1H3,(H,18,19)/t7-,8+,9+,12?/m1/s1. The van der Waals surface area contributed by atoms with E-state index in [0.29, 0.717) is 0 Å². The molecule has 2 fully saturated rings. The largest absolute Gasteiger partial charge is 0.480 e. The minimum absolute atomic E-state index is 0.180. The molecule has 20 heavy (non-hydrogen) atoms. The van der Waals surface area contributed by atoms with E-state index < -0.39 is 41.4 Å². The van der Waals surface area contributed by atoms with Crippen molar-refractivity contribution in [3.8, 4) is 0 Å². The molecule has 0 spiro atoms. The van der Waals surface area contributed by atoms with Crippen molar-refractivity contribution >= 4 is 17.7 Å². The second-order valence-electron chi connectivity index (χ2n) is 5.45. The number of ketones is 1. The number of nitrogens with one attached hydrogen (secondary N) is 1. The van der Waals surface area contributed by atoms with E-state index in [2.05, 4.69) is 5.32 Å². The van der Waals surface area contributed by atoms with Crippen LogP contribution in [0.15, 0.2) is 0 Å². The third kappa shape index (κ3) is 2.54. The molecule has 4 atom stereocenters.